The monoisotopic (exact) mass is 354 g/mol. The molecule has 2 aromatic rings. The Morgan fingerprint density at radius 1 is 1.13 bits per heavy atom. The van der Waals surface area contributed by atoms with Crippen LogP contribution in [0.25, 0.3) is 11.4 Å². The van der Waals surface area contributed by atoms with Crippen LogP contribution in [0.15, 0.2) is 35.5 Å². The lowest BCUT2D eigenvalue weighted by molar-refractivity contribution is 0.0410. The minimum absolute atomic E-state index is 0. The molecule has 3 rings (SSSR count). The molecule has 5 nitrogen and oxygen atoms in total. The number of ether oxygens (including phenoxy) is 1. The molecule has 1 fully saturated rings. The fourth-order valence-corrected chi connectivity index (χ4v) is 3.57. The van der Waals surface area contributed by atoms with Crippen LogP contribution in [-0.2, 0) is 11.3 Å². The standard InChI is InChI=1S/C16H22N4OS.ClH/c1-2-20-15(14-6-4-3-5-7-14)17-18-16(20)22-13-10-19-8-11-21-12-9-19;/h3-7H,2,8-13H2,1H3;1H. The largest absolute Gasteiger partial charge is 0.379 e. The Hall–Kier alpha value is -1.08. The molecule has 2 heterocycles. The molecule has 0 radical (unpaired) electrons. The number of aromatic nitrogens is 3. The van der Waals surface area contributed by atoms with Crippen LogP contribution in [0, 0.1) is 0 Å². The van der Waals surface area contributed by atoms with Crippen molar-refractivity contribution in [2.24, 2.45) is 0 Å². The average molecular weight is 355 g/mol. The zero-order valence-electron chi connectivity index (χ0n) is 13.4. The topological polar surface area (TPSA) is 43.2 Å². The highest BCUT2D eigenvalue weighted by Gasteiger charge is 2.14. The third kappa shape index (κ3) is 4.70. The van der Waals surface area contributed by atoms with E-state index in [1.54, 1.807) is 11.8 Å². The first kappa shape index (κ1) is 18.3. The van der Waals surface area contributed by atoms with Crippen LogP contribution in [0.4, 0.5) is 0 Å². The molecule has 7 heteroatoms. The van der Waals surface area contributed by atoms with Crippen LogP contribution in [-0.4, -0.2) is 58.3 Å². The summed E-state index contributed by atoms with van der Waals surface area (Å²) in [4.78, 5) is 2.45. The van der Waals surface area contributed by atoms with Crippen LogP contribution < -0.4 is 0 Å². The van der Waals surface area contributed by atoms with E-state index in [9.17, 15) is 0 Å². The van der Waals surface area contributed by atoms with Gasteiger partial charge in [-0.1, -0.05) is 42.1 Å². The van der Waals surface area contributed by atoms with E-state index in [0.29, 0.717) is 0 Å². The molecule has 0 spiro atoms. The van der Waals surface area contributed by atoms with E-state index >= 15 is 0 Å². The van der Waals surface area contributed by atoms with E-state index in [-0.39, 0.29) is 12.4 Å². The van der Waals surface area contributed by atoms with Crippen molar-refractivity contribution in [3.8, 4) is 11.4 Å². The lowest BCUT2D eigenvalue weighted by atomic mass is 10.2. The van der Waals surface area contributed by atoms with Gasteiger partial charge in [0.1, 0.15) is 0 Å². The zero-order valence-corrected chi connectivity index (χ0v) is 15.0. The minimum atomic E-state index is 0. The van der Waals surface area contributed by atoms with Gasteiger partial charge < -0.3 is 9.30 Å². The molecule has 0 saturated carbocycles. The Kier molecular flexibility index (Phi) is 7.36. The van der Waals surface area contributed by atoms with Crippen molar-refractivity contribution >= 4 is 24.2 Å². The van der Waals surface area contributed by atoms with Gasteiger partial charge in [0.25, 0.3) is 0 Å². The number of morpholine rings is 1. The molecule has 1 aliphatic heterocycles. The van der Waals surface area contributed by atoms with Crippen LogP contribution in [0.3, 0.4) is 0 Å². The highest BCUT2D eigenvalue weighted by molar-refractivity contribution is 7.99. The van der Waals surface area contributed by atoms with Gasteiger partial charge in [-0.05, 0) is 6.92 Å². The maximum atomic E-state index is 5.38. The summed E-state index contributed by atoms with van der Waals surface area (Å²) in [7, 11) is 0. The molecule has 1 aromatic carbocycles. The summed E-state index contributed by atoms with van der Waals surface area (Å²) < 4.78 is 7.57. The fourth-order valence-electron chi connectivity index (χ4n) is 2.57. The zero-order chi connectivity index (χ0) is 15.2. The lowest BCUT2D eigenvalue weighted by Gasteiger charge is -2.26. The summed E-state index contributed by atoms with van der Waals surface area (Å²) in [6.45, 7) is 7.89. The molecule has 126 valence electrons. The quantitative estimate of drug-likeness (QED) is 0.746. The summed E-state index contributed by atoms with van der Waals surface area (Å²) in [5, 5.41) is 9.77. The van der Waals surface area contributed by atoms with Crippen LogP contribution in [0.5, 0.6) is 0 Å². The Morgan fingerprint density at radius 3 is 2.57 bits per heavy atom. The van der Waals surface area contributed by atoms with Crippen molar-refractivity contribution in [3.63, 3.8) is 0 Å². The molecule has 1 saturated heterocycles. The summed E-state index contributed by atoms with van der Waals surface area (Å²) in [6.07, 6.45) is 0. The SMILES string of the molecule is CCn1c(SCCN2CCOCC2)nnc1-c1ccccc1.Cl. The number of thioether (sulfide) groups is 1. The normalized spacial score (nSPS) is 15.3. The molecule has 23 heavy (non-hydrogen) atoms. The number of hydrogen-bond donors (Lipinski definition) is 0. The molecule has 0 amide bonds. The van der Waals surface area contributed by atoms with Gasteiger partial charge in [0.05, 0.1) is 13.2 Å². The number of rotatable bonds is 6. The van der Waals surface area contributed by atoms with Crippen LogP contribution in [0.1, 0.15) is 6.92 Å². The summed E-state index contributed by atoms with van der Waals surface area (Å²) >= 11 is 1.79. The smallest absolute Gasteiger partial charge is 0.191 e. The maximum absolute atomic E-state index is 5.38. The van der Waals surface area contributed by atoms with E-state index < -0.39 is 0 Å². The van der Waals surface area contributed by atoms with E-state index in [4.69, 9.17) is 4.74 Å². The number of nitrogens with zero attached hydrogens (tertiary/aromatic N) is 4. The second kappa shape index (κ2) is 9.27. The van der Waals surface area contributed by atoms with Crippen LogP contribution >= 0.6 is 24.2 Å². The van der Waals surface area contributed by atoms with Crippen molar-refractivity contribution in [1.29, 1.82) is 0 Å². The molecular formula is C16H23ClN4OS. The fraction of sp³-hybridized carbons (Fsp3) is 0.500. The number of halogens is 1. The third-order valence-electron chi connectivity index (χ3n) is 3.81. The maximum Gasteiger partial charge on any atom is 0.191 e. The first-order valence-electron chi connectivity index (χ1n) is 7.80. The van der Waals surface area contributed by atoms with E-state index in [2.05, 4.69) is 38.7 Å². The van der Waals surface area contributed by atoms with E-state index in [1.165, 1.54) is 0 Å². The number of benzene rings is 1. The van der Waals surface area contributed by atoms with Crippen molar-refractivity contribution in [2.75, 3.05) is 38.6 Å². The molecular weight excluding hydrogens is 332 g/mol. The second-order valence-electron chi connectivity index (χ2n) is 5.22. The molecule has 1 aromatic heterocycles. The van der Waals surface area contributed by atoms with Crippen LogP contribution in [0.2, 0.25) is 0 Å². The van der Waals surface area contributed by atoms with Gasteiger partial charge in [-0.25, -0.2) is 0 Å². The molecule has 0 unspecified atom stereocenters. The van der Waals surface area contributed by atoms with Gasteiger partial charge in [-0.2, -0.15) is 0 Å². The summed E-state index contributed by atoms with van der Waals surface area (Å²) in [5.41, 5.74) is 1.12. The predicted molar refractivity (Wildman–Crippen MR) is 96.4 cm³/mol. The molecule has 0 aliphatic carbocycles. The van der Waals surface area contributed by atoms with E-state index in [0.717, 1.165) is 61.7 Å². The Morgan fingerprint density at radius 2 is 1.87 bits per heavy atom. The van der Waals surface area contributed by atoms with Gasteiger partial charge >= 0.3 is 0 Å². The first-order valence-corrected chi connectivity index (χ1v) is 8.78. The number of hydrogen-bond acceptors (Lipinski definition) is 5. The summed E-state index contributed by atoms with van der Waals surface area (Å²) in [6, 6.07) is 10.3. The minimum Gasteiger partial charge on any atom is -0.379 e. The van der Waals surface area contributed by atoms with Crippen molar-refractivity contribution < 1.29 is 4.74 Å². The highest BCUT2D eigenvalue weighted by Crippen LogP contribution is 2.23. The Bertz CT molecular complexity index is 587. The molecule has 0 bridgehead atoms. The van der Waals surface area contributed by atoms with Gasteiger partial charge in [0.15, 0.2) is 11.0 Å². The molecule has 1 aliphatic rings. The van der Waals surface area contributed by atoms with Gasteiger partial charge in [-0.3, -0.25) is 4.90 Å². The van der Waals surface area contributed by atoms with Gasteiger partial charge in [-0.15, -0.1) is 22.6 Å². The lowest BCUT2D eigenvalue weighted by Crippen LogP contribution is -2.37. The van der Waals surface area contributed by atoms with Crippen molar-refractivity contribution in [3.05, 3.63) is 30.3 Å². The van der Waals surface area contributed by atoms with Gasteiger partial charge in [0.2, 0.25) is 0 Å². The highest BCUT2D eigenvalue weighted by atomic mass is 35.5. The van der Waals surface area contributed by atoms with Gasteiger partial charge in [0, 0.05) is 37.5 Å². The molecule has 0 atom stereocenters. The summed E-state index contributed by atoms with van der Waals surface area (Å²) in [5.74, 6) is 1.99. The van der Waals surface area contributed by atoms with Crippen molar-refractivity contribution in [2.45, 2.75) is 18.6 Å². The Balaban J connectivity index is 0.00000192. The Labute approximate surface area is 147 Å². The average Bonchev–Trinajstić information content (AvgIpc) is 2.99. The second-order valence-corrected chi connectivity index (χ2v) is 6.28. The van der Waals surface area contributed by atoms with Crippen molar-refractivity contribution in [1.82, 2.24) is 19.7 Å². The van der Waals surface area contributed by atoms with E-state index in [1.807, 2.05) is 18.2 Å². The first-order chi connectivity index (χ1) is 10.9. The third-order valence-corrected chi connectivity index (χ3v) is 4.75. The molecule has 0 N–H and O–H groups in total. The predicted octanol–water partition coefficient (Wildman–Crippen LogP) is 2.81.